The maximum Gasteiger partial charge on any atom is 0.239 e. The van der Waals surface area contributed by atoms with Gasteiger partial charge in [-0.05, 0) is 31.4 Å². The van der Waals surface area contributed by atoms with Crippen molar-refractivity contribution >= 4 is 29.9 Å². The van der Waals surface area contributed by atoms with Gasteiger partial charge >= 0.3 is 0 Å². The van der Waals surface area contributed by atoms with Crippen LogP contribution in [0.4, 0.5) is 0 Å². The molecule has 0 heterocycles. The molecule has 3 N–H and O–H groups in total. The van der Waals surface area contributed by atoms with Gasteiger partial charge < -0.3 is 11.1 Å². The van der Waals surface area contributed by atoms with Gasteiger partial charge in [0, 0.05) is 11.6 Å². The van der Waals surface area contributed by atoms with Crippen molar-refractivity contribution < 1.29 is 4.79 Å². The second-order valence-corrected chi connectivity index (χ2v) is 5.17. The number of hydrogen-bond acceptors (Lipinski definition) is 2. The van der Waals surface area contributed by atoms with Gasteiger partial charge in [0.25, 0.3) is 0 Å². The van der Waals surface area contributed by atoms with Crippen LogP contribution < -0.4 is 11.1 Å². The summed E-state index contributed by atoms with van der Waals surface area (Å²) < 4.78 is 0. The first-order valence-corrected chi connectivity index (χ1v) is 6.65. The van der Waals surface area contributed by atoms with Gasteiger partial charge in [0.2, 0.25) is 5.91 Å². The van der Waals surface area contributed by atoms with Gasteiger partial charge in [-0.1, -0.05) is 43.1 Å². The molecule has 0 saturated carbocycles. The molecule has 1 rings (SSSR count). The second kappa shape index (κ2) is 8.41. The number of carbonyl (C=O) groups is 1. The summed E-state index contributed by atoms with van der Waals surface area (Å²) in [6, 6.07) is 7.64. The van der Waals surface area contributed by atoms with Crippen LogP contribution in [0.3, 0.4) is 0 Å². The van der Waals surface area contributed by atoms with Gasteiger partial charge in [0.1, 0.15) is 0 Å². The molecule has 3 nitrogen and oxygen atoms in total. The first-order chi connectivity index (χ1) is 8.47. The fourth-order valence-electron chi connectivity index (χ4n) is 1.85. The van der Waals surface area contributed by atoms with Gasteiger partial charge in [-0.25, -0.2) is 0 Å². The minimum Gasteiger partial charge on any atom is -0.354 e. The Morgan fingerprint density at radius 3 is 2.63 bits per heavy atom. The molecule has 0 bridgehead atoms. The molecular weight excluding hydrogens is 283 g/mol. The topological polar surface area (TPSA) is 55.1 Å². The van der Waals surface area contributed by atoms with Gasteiger partial charge in [-0.15, -0.1) is 12.4 Å². The molecule has 19 heavy (non-hydrogen) atoms. The van der Waals surface area contributed by atoms with Crippen LogP contribution in [0.15, 0.2) is 24.3 Å². The van der Waals surface area contributed by atoms with Crippen LogP contribution in [0.2, 0.25) is 5.02 Å². The van der Waals surface area contributed by atoms with E-state index in [-0.39, 0.29) is 18.3 Å². The first kappa shape index (κ1) is 18.2. The van der Waals surface area contributed by atoms with Crippen LogP contribution in [0.25, 0.3) is 0 Å². The van der Waals surface area contributed by atoms with Crippen LogP contribution in [0, 0.1) is 0 Å². The summed E-state index contributed by atoms with van der Waals surface area (Å²) in [5.41, 5.74) is 6.20. The molecule has 0 radical (unpaired) electrons. The molecule has 0 aromatic heterocycles. The first-order valence-electron chi connectivity index (χ1n) is 6.28. The number of nitrogens with one attached hydrogen (secondary N) is 1. The predicted molar refractivity (Wildman–Crippen MR) is 82.9 cm³/mol. The fraction of sp³-hybridized carbons (Fsp3) is 0.500. The van der Waals surface area contributed by atoms with Gasteiger partial charge in [-0.2, -0.15) is 0 Å². The molecule has 108 valence electrons. The number of nitrogens with two attached hydrogens (primary N) is 1. The van der Waals surface area contributed by atoms with Crippen molar-refractivity contribution in [3.63, 3.8) is 0 Å². The van der Waals surface area contributed by atoms with E-state index in [9.17, 15) is 4.79 Å². The molecular formula is C14H22Cl2N2O. The molecule has 1 atom stereocenters. The van der Waals surface area contributed by atoms with Crippen LogP contribution in [-0.2, 0) is 11.2 Å². The lowest BCUT2D eigenvalue weighted by molar-refractivity contribution is -0.126. The Bertz CT molecular complexity index is 408. The average molecular weight is 305 g/mol. The third-order valence-corrected chi connectivity index (χ3v) is 3.29. The van der Waals surface area contributed by atoms with Crippen LogP contribution in [0.1, 0.15) is 32.3 Å². The van der Waals surface area contributed by atoms with Crippen molar-refractivity contribution in [3.8, 4) is 0 Å². The van der Waals surface area contributed by atoms with Crippen molar-refractivity contribution in [2.24, 2.45) is 5.73 Å². The van der Waals surface area contributed by atoms with Gasteiger partial charge in [0.15, 0.2) is 0 Å². The van der Waals surface area contributed by atoms with E-state index in [1.807, 2.05) is 31.2 Å². The van der Waals surface area contributed by atoms with E-state index in [1.54, 1.807) is 6.92 Å². The second-order valence-electron chi connectivity index (χ2n) is 4.76. The van der Waals surface area contributed by atoms with Crippen LogP contribution in [-0.4, -0.2) is 18.0 Å². The van der Waals surface area contributed by atoms with Crippen molar-refractivity contribution in [2.75, 3.05) is 6.54 Å². The Morgan fingerprint density at radius 1 is 1.42 bits per heavy atom. The number of amides is 1. The smallest absolute Gasteiger partial charge is 0.239 e. The predicted octanol–water partition coefficient (Wildman–Crippen LogP) is 2.94. The van der Waals surface area contributed by atoms with E-state index in [4.69, 9.17) is 17.3 Å². The van der Waals surface area contributed by atoms with E-state index < -0.39 is 5.54 Å². The lowest BCUT2D eigenvalue weighted by Crippen LogP contribution is -2.51. The minimum atomic E-state index is -0.783. The summed E-state index contributed by atoms with van der Waals surface area (Å²) in [6.45, 7) is 4.34. The van der Waals surface area contributed by atoms with E-state index in [0.717, 1.165) is 17.0 Å². The molecule has 1 unspecified atom stereocenters. The summed E-state index contributed by atoms with van der Waals surface area (Å²) >= 11 is 6.04. The fourth-order valence-corrected chi connectivity index (χ4v) is 2.08. The Labute approximate surface area is 126 Å². The Kier molecular flexibility index (Phi) is 8.07. The Hall–Kier alpha value is -0.770. The van der Waals surface area contributed by atoms with Gasteiger partial charge in [-0.3, -0.25) is 4.79 Å². The highest BCUT2D eigenvalue weighted by Gasteiger charge is 2.26. The monoisotopic (exact) mass is 304 g/mol. The molecule has 1 aromatic rings. The normalized spacial score (nSPS) is 13.3. The third-order valence-electron chi connectivity index (χ3n) is 2.93. The lowest BCUT2D eigenvalue weighted by Gasteiger charge is -2.22. The molecule has 0 aliphatic heterocycles. The molecule has 0 saturated heterocycles. The summed E-state index contributed by atoms with van der Waals surface area (Å²) in [4.78, 5) is 11.9. The zero-order chi connectivity index (χ0) is 13.6. The Morgan fingerprint density at radius 2 is 2.05 bits per heavy atom. The largest absolute Gasteiger partial charge is 0.354 e. The zero-order valence-corrected chi connectivity index (χ0v) is 13.0. The zero-order valence-electron chi connectivity index (χ0n) is 11.4. The maximum atomic E-state index is 11.9. The standard InChI is InChI=1S/C14H21ClN2O.ClH/c1-3-9-14(2,16)13(18)17-10-8-11-6-4-5-7-12(11)15;/h4-7H,3,8-10,16H2,1-2H3,(H,17,18);1H. The Balaban J connectivity index is 0.00000324. The van der Waals surface area contributed by atoms with E-state index in [2.05, 4.69) is 5.32 Å². The third kappa shape index (κ3) is 5.81. The SMILES string of the molecule is CCCC(C)(N)C(=O)NCCc1ccccc1Cl.Cl. The highest BCUT2D eigenvalue weighted by Crippen LogP contribution is 2.15. The minimum absolute atomic E-state index is 0. The number of benzene rings is 1. The molecule has 0 aliphatic carbocycles. The quantitative estimate of drug-likeness (QED) is 0.849. The molecule has 1 amide bonds. The van der Waals surface area contributed by atoms with E-state index in [1.165, 1.54) is 0 Å². The number of hydrogen-bond donors (Lipinski definition) is 2. The number of halogens is 2. The summed E-state index contributed by atoms with van der Waals surface area (Å²) in [5, 5.41) is 3.59. The van der Waals surface area contributed by atoms with E-state index in [0.29, 0.717) is 19.4 Å². The van der Waals surface area contributed by atoms with E-state index >= 15 is 0 Å². The summed E-state index contributed by atoms with van der Waals surface area (Å²) in [6.07, 6.45) is 2.30. The van der Waals surface area contributed by atoms with Crippen molar-refractivity contribution in [1.82, 2.24) is 5.32 Å². The molecule has 0 fully saturated rings. The number of carbonyl (C=O) groups excluding carboxylic acids is 1. The highest BCUT2D eigenvalue weighted by molar-refractivity contribution is 6.31. The highest BCUT2D eigenvalue weighted by atomic mass is 35.5. The maximum absolute atomic E-state index is 11.9. The molecule has 5 heteroatoms. The summed E-state index contributed by atoms with van der Waals surface area (Å²) in [5.74, 6) is -0.101. The van der Waals surface area contributed by atoms with Crippen molar-refractivity contribution in [3.05, 3.63) is 34.9 Å². The van der Waals surface area contributed by atoms with Crippen LogP contribution in [0.5, 0.6) is 0 Å². The van der Waals surface area contributed by atoms with Crippen molar-refractivity contribution in [2.45, 2.75) is 38.6 Å². The number of rotatable bonds is 6. The lowest BCUT2D eigenvalue weighted by atomic mass is 9.96. The van der Waals surface area contributed by atoms with Crippen molar-refractivity contribution in [1.29, 1.82) is 0 Å². The molecule has 0 spiro atoms. The average Bonchev–Trinajstić information content (AvgIpc) is 2.31. The molecule has 1 aromatic carbocycles. The molecule has 0 aliphatic rings. The summed E-state index contributed by atoms with van der Waals surface area (Å²) in [7, 11) is 0. The van der Waals surface area contributed by atoms with Gasteiger partial charge in [0.05, 0.1) is 5.54 Å². The van der Waals surface area contributed by atoms with Crippen LogP contribution >= 0.6 is 24.0 Å².